The largest absolute Gasteiger partial charge is 0.383 e. The van der Waals surface area contributed by atoms with E-state index in [-0.39, 0.29) is 0 Å². The minimum absolute atomic E-state index is 0.419. The summed E-state index contributed by atoms with van der Waals surface area (Å²) in [6.45, 7) is 1.70. The molecule has 0 spiro atoms. The van der Waals surface area contributed by atoms with Crippen LogP contribution in [0.1, 0.15) is 10.4 Å². The zero-order chi connectivity index (χ0) is 11.3. The fraction of sp³-hybridized carbons (Fsp3) is 0.300. The molecule has 0 aliphatic heterocycles. The minimum atomic E-state index is -0.419. The third-order valence-electron chi connectivity index (χ3n) is 1.94. The number of hydrogen-bond donors (Lipinski definition) is 3. The first-order valence-electron chi connectivity index (χ1n) is 4.63. The maximum Gasteiger partial charge on any atom is 0.248 e. The summed E-state index contributed by atoms with van der Waals surface area (Å²) in [5.74, 6) is -0.419. The summed E-state index contributed by atoms with van der Waals surface area (Å²) >= 11 is 3.38. The number of carbonyl (C=O) groups excluding carboxylic acids is 1. The first kappa shape index (κ1) is 12.0. The van der Waals surface area contributed by atoms with Crippen LogP contribution in [0, 0.1) is 0 Å². The molecule has 15 heavy (non-hydrogen) atoms. The van der Waals surface area contributed by atoms with Gasteiger partial charge in [-0.3, -0.25) is 4.79 Å². The zero-order valence-corrected chi connectivity index (χ0v) is 10.1. The molecule has 1 amide bonds. The number of anilines is 1. The van der Waals surface area contributed by atoms with Gasteiger partial charge in [0.15, 0.2) is 0 Å². The SMILES string of the molecule is CNCCNc1ccc(C(N)=O)cc1Br. The fourth-order valence-corrected chi connectivity index (χ4v) is 1.65. The van der Waals surface area contributed by atoms with E-state index in [2.05, 4.69) is 26.6 Å². The van der Waals surface area contributed by atoms with Gasteiger partial charge in [-0.15, -0.1) is 0 Å². The van der Waals surface area contributed by atoms with Gasteiger partial charge in [0, 0.05) is 28.8 Å². The number of amides is 1. The summed E-state index contributed by atoms with van der Waals surface area (Å²) in [7, 11) is 1.90. The predicted octanol–water partition coefficient (Wildman–Crippen LogP) is 1.18. The minimum Gasteiger partial charge on any atom is -0.383 e. The number of carbonyl (C=O) groups is 1. The van der Waals surface area contributed by atoms with Crippen LogP contribution >= 0.6 is 15.9 Å². The Bertz CT molecular complexity index is 355. The summed E-state index contributed by atoms with van der Waals surface area (Å²) in [6, 6.07) is 5.25. The molecule has 4 nitrogen and oxygen atoms in total. The van der Waals surface area contributed by atoms with Crippen LogP contribution < -0.4 is 16.4 Å². The summed E-state index contributed by atoms with van der Waals surface area (Å²) in [5, 5.41) is 6.25. The lowest BCUT2D eigenvalue weighted by Crippen LogP contribution is -2.18. The monoisotopic (exact) mass is 271 g/mol. The van der Waals surface area contributed by atoms with E-state index in [4.69, 9.17) is 5.73 Å². The van der Waals surface area contributed by atoms with Gasteiger partial charge < -0.3 is 16.4 Å². The topological polar surface area (TPSA) is 67.2 Å². The van der Waals surface area contributed by atoms with Crippen molar-refractivity contribution < 1.29 is 4.79 Å². The normalized spacial score (nSPS) is 10.0. The number of hydrogen-bond acceptors (Lipinski definition) is 3. The van der Waals surface area contributed by atoms with E-state index >= 15 is 0 Å². The van der Waals surface area contributed by atoms with E-state index in [1.165, 1.54) is 0 Å². The maximum absolute atomic E-state index is 10.9. The molecule has 82 valence electrons. The second-order valence-electron chi connectivity index (χ2n) is 3.09. The third kappa shape index (κ3) is 3.53. The van der Waals surface area contributed by atoms with Crippen molar-refractivity contribution in [1.82, 2.24) is 5.32 Å². The third-order valence-corrected chi connectivity index (χ3v) is 2.60. The van der Waals surface area contributed by atoms with E-state index in [9.17, 15) is 4.79 Å². The Morgan fingerprint density at radius 1 is 1.47 bits per heavy atom. The zero-order valence-electron chi connectivity index (χ0n) is 8.51. The molecule has 0 saturated heterocycles. The molecule has 0 bridgehead atoms. The lowest BCUT2D eigenvalue weighted by atomic mass is 10.2. The van der Waals surface area contributed by atoms with Crippen LogP contribution in [0.25, 0.3) is 0 Å². The summed E-state index contributed by atoms with van der Waals surface area (Å²) in [6.07, 6.45) is 0. The summed E-state index contributed by atoms with van der Waals surface area (Å²) < 4.78 is 0.843. The van der Waals surface area contributed by atoms with Gasteiger partial charge in [-0.1, -0.05) is 0 Å². The maximum atomic E-state index is 10.9. The number of nitrogens with one attached hydrogen (secondary N) is 2. The second kappa shape index (κ2) is 5.72. The van der Waals surface area contributed by atoms with Crippen molar-refractivity contribution in [2.24, 2.45) is 5.73 Å². The first-order chi connectivity index (χ1) is 7.15. The smallest absolute Gasteiger partial charge is 0.248 e. The van der Waals surface area contributed by atoms with Gasteiger partial charge in [0.2, 0.25) is 5.91 Å². The van der Waals surface area contributed by atoms with Gasteiger partial charge >= 0.3 is 0 Å². The Morgan fingerprint density at radius 3 is 2.73 bits per heavy atom. The lowest BCUT2D eigenvalue weighted by molar-refractivity contribution is 0.100. The highest BCUT2D eigenvalue weighted by Crippen LogP contribution is 2.23. The standard InChI is InChI=1S/C10H14BrN3O/c1-13-4-5-14-9-3-2-7(10(12)15)6-8(9)11/h2-3,6,13-14H,4-5H2,1H3,(H2,12,15). The highest BCUT2D eigenvalue weighted by Gasteiger charge is 2.04. The van der Waals surface area contributed by atoms with E-state index < -0.39 is 5.91 Å². The molecular weight excluding hydrogens is 258 g/mol. The predicted molar refractivity (Wildman–Crippen MR) is 65.1 cm³/mol. The molecule has 0 radical (unpaired) electrons. The van der Waals surface area contributed by atoms with Crippen molar-refractivity contribution in [3.63, 3.8) is 0 Å². The van der Waals surface area contributed by atoms with Crippen LogP contribution in [0.3, 0.4) is 0 Å². The van der Waals surface area contributed by atoms with Gasteiger partial charge in [0.25, 0.3) is 0 Å². The van der Waals surface area contributed by atoms with Crippen molar-refractivity contribution in [2.45, 2.75) is 0 Å². The molecule has 0 heterocycles. The molecule has 1 aromatic carbocycles. The van der Waals surface area contributed by atoms with E-state index in [1.807, 2.05) is 13.1 Å². The van der Waals surface area contributed by atoms with Crippen molar-refractivity contribution >= 4 is 27.5 Å². The van der Waals surface area contributed by atoms with Crippen molar-refractivity contribution in [2.75, 3.05) is 25.5 Å². The molecule has 0 aromatic heterocycles. The molecule has 4 N–H and O–H groups in total. The molecule has 0 fully saturated rings. The van der Waals surface area contributed by atoms with Gasteiger partial charge in [-0.2, -0.15) is 0 Å². The van der Waals surface area contributed by atoms with Crippen molar-refractivity contribution in [3.05, 3.63) is 28.2 Å². The van der Waals surface area contributed by atoms with E-state index in [0.717, 1.165) is 23.2 Å². The van der Waals surface area contributed by atoms with Gasteiger partial charge in [-0.25, -0.2) is 0 Å². The van der Waals surface area contributed by atoms with Crippen molar-refractivity contribution in [1.29, 1.82) is 0 Å². The molecule has 5 heteroatoms. The van der Waals surface area contributed by atoms with Crippen LogP contribution in [0.15, 0.2) is 22.7 Å². The van der Waals surface area contributed by atoms with Crippen LogP contribution in [0.2, 0.25) is 0 Å². The Balaban J connectivity index is 2.70. The van der Waals surface area contributed by atoms with Gasteiger partial charge in [0.05, 0.1) is 0 Å². The van der Waals surface area contributed by atoms with Crippen LogP contribution in [-0.4, -0.2) is 26.0 Å². The molecule has 0 saturated carbocycles. The number of rotatable bonds is 5. The Labute approximate surface area is 97.4 Å². The average molecular weight is 272 g/mol. The van der Waals surface area contributed by atoms with Crippen molar-refractivity contribution in [3.8, 4) is 0 Å². The molecule has 0 aliphatic carbocycles. The van der Waals surface area contributed by atoms with Crippen LogP contribution in [-0.2, 0) is 0 Å². The Hall–Kier alpha value is -1.07. The first-order valence-corrected chi connectivity index (χ1v) is 5.42. The quantitative estimate of drug-likeness (QED) is 0.705. The Morgan fingerprint density at radius 2 is 2.20 bits per heavy atom. The van der Waals surface area contributed by atoms with E-state index in [1.54, 1.807) is 12.1 Å². The Kier molecular flexibility index (Phi) is 4.58. The molecule has 1 aromatic rings. The number of benzene rings is 1. The summed E-state index contributed by atoms with van der Waals surface area (Å²) in [4.78, 5) is 10.9. The highest BCUT2D eigenvalue weighted by atomic mass is 79.9. The molecule has 0 unspecified atom stereocenters. The molecule has 0 atom stereocenters. The lowest BCUT2D eigenvalue weighted by Gasteiger charge is -2.08. The number of likely N-dealkylation sites (N-methyl/N-ethyl adjacent to an activating group) is 1. The highest BCUT2D eigenvalue weighted by molar-refractivity contribution is 9.10. The number of halogens is 1. The average Bonchev–Trinajstić information content (AvgIpc) is 2.20. The number of primary amides is 1. The van der Waals surface area contributed by atoms with Gasteiger partial charge in [0.1, 0.15) is 0 Å². The number of nitrogens with two attached hydrogens (primary N) is 1. The van der Waals surface area contributed by atoms with Crippen LogP contribution in [0.5, 0.6) is 0 Å². The molecule has 1 rings (SSSR count). The van der Waals surface area contributed by atoms with E-state index in [0.29, 0.717) is 5.56 Å². The second-order valence-corrected chi connectivity index (χ2v) is 3.94. The summed E-state index contributed by atoms with van der Waals surface area (Å²) in [5.41, 5.74) is 6.62. The molecular formula is C10H14BrN3O. The van der Waals surface area contributed by atoms with Gasteiger partial charge in [-0.05, 0) is 41.2 Å². The fourth-order valence-electron chi connectivity index (χ4n) is 1.13. The van der Waals surface area contributed by atoms with Crippen LogP contribution in [0.4, 0.5) is 5.69 Å². The molecule has 0 aliphatic rings.